The number of carbonyl (C=O) groups excluding carboxylic acids is 1. The zero-order valence-electron chi connectivity index (χ0n) is 15.3. The Bertz CT molecular complexity index is 1170. The Kier molecular flexibility index (Phi) is 6.33. The van der Waals surface area contributed by atoms with Crippen molar-refractivity contribution in [3.05, 3.63) is 88.6 Å². The number of rotatable bonds is 7. The largest absolute Gasteiger partial charge is 0.476 e. The van der Waals surface area contributed by atoms with Gasteiger partial charge in [0.15, 0.2) is 9.84 Å². The summed E-state index contributed by atoms with van der Waals surface area (Å²) in [4.78, 5) is 14.9. The van der Waals surface area contributed by atoms with E-state index in [1.165, 1.54) is 36.4 Å². The topological polar surface area (TPSA) is 99.4 Å². The fraction of sp³-hybridized carbons (Fsp3) is 0.100. The third-order valence-electron chi connectivity index (χ3n) is 4.23. The van der Waals surface area contributed by atoms with Crippen molar-refractivity contribution >= 4 is 27.3 Å². The van der Waals surface area contributed by atoms with Crippen LogP contribution in [0.25, 0.3) is 0 Å². The van der Waals surface area contributed by atoms with E-state index in [1.54, 1.807) is 0 Å². The molecule has 6 nitrogen and oxygen atoms in total. The first-order valence-corrected chi connectivity index (χ1v) is 10.4. The van der Waals surface area contributed by atoms with Gasteiger partial charge in [0, 0.05) is 22.8 Å². The van der Waals surface area contributed by atoms with Gasteiger partial charge in [-0.3, -0.25) is 4.79 Å². The second-order valence-corrected chi connectivity index (χ2v) is 8.78. The molecule has 0 aliphatic rings. The quantitative estimate of drug-likeness (QED) is 0.589. The maximum Gasteiger partial charge on any atom is 0.250 e. The molecule has 2 aromatic carbocycles. The minimum absolute atomic E-state index is 0.0203. The van der Waals surface area contributed by atoms with Crippen LogP contribution in [0.1, 0.15) is 21.2 Å². The molecular weight excluding hydrogens is 438 g/mol. The van der Waals surface area contributed by atoms with E-state index in [9.17, 15) is 22.0 Å². The second kappa shape index (κ2) is 8.76. The number of primary amides is 1. The molecule has 0 saturated heterocycles. The molecule has 0 saturated carbocycles. The van der Waals surface area contributed by atoms with Gasteiger partial charge in [-0.2, -0.15) is 0 Å². The number of hydrogen-bond acceptors (Lipinski definition) is 5. The minimum atomic E-state index is -4.19. The normalized spacial score (nSPS) is 12.4. The number of hydrogen-bond donors (Lipinski definition) is 1. The van der Waals surface area contributed by atoms with Crippen molar-refractivity contribution in [2.75, 3.05) is 6.61 Å². The molecule has 3 rings (SSSR count). The first kappa shape index (κ1) is 21.7. The molecule has 0 aliphatic heterocycles. The summed E-state index contributed by atoms with van der Waals surface area (Å²) in [5.41, 5.74) is 4.88. The average Bonchev–Trinajstić information content (AvgIpc) is 2.71. The minimum Gasteiger partial charge on any atom is -0.476 e. The van der Waals surface area contributed by atoms with Gasteiger partial charge in [-0.1, -0.05) is 11.6 Å². The molecule has 3 aromatic rings. The summed E-state index contributed by atoms with van der Waals surface area (Å²) in [5, 5.41) is -1.26. The zero-order valence-corrected chi connectivity index (χ0v) is 16.8. The summed E-state index contributed by atoms with van der Waals surface area (Å²) in [6.45, 7) is -0.561. The molecule has 0 fully saturated rings. The number of aromatic nitrogens is 1. The molecule has 0 bridgehead atoms. The number of halogens is 3. The van der Waals surface area contributed by atoms with E-state index in [0.717, 1.165) is 24.4 Å². The van der Waals surface area contributed by atoms with Gasteiger partial charge in [-0.05, 0) is 48.5 Å². The van der Waals surface area contributed by atoms with Crippen molar-refractivity contribution in [2.45, 2.75) is 10.1 Å². The molecule has 1 heterocycles. The van der Waals surface area contributed by atoms with Crippen LogP contribution in [0.4, 0.5) is 8.78 Å². The van der Waals surface area contributed by atoms with E-state index in [2.05, 4.69) is 4.98 Å². The van der Waals surface area contributed by atoms with Gasteiger partial charge in [-0.15, -0.1) is 0 Å². The number of amides is 1. The molecule has 0 spiro atoms. The summed E-state index contributed by atoms with van der Waals surface area (Å²) >= 11 is 5.81. The standard InChI is InChI=1S/C20H15ClF2N2O4S/c21-13-2-5-15(6-3-13)30(27,28)18(16-9-14(22)4-7-17(16)23)11-29-19-8-1-12(10-25-19)20(24)26/h1-10,18H,11H2,(H2,24,26). The first-order valence-electron chi connectivity index (χ1n) is 8.51. The molecule has 1 aromatic heterocycles. The first-order chi connectivity index (χ1) is 14.2. The lowest BCUT2D eigenvalue weighted by Crippen LogP contribution is -2.22. The molecule has 1 amide bonds. The van der Waals surface area contributed by atoms with Gasteiger partial charge in [0.05, 0.1) is 10.5 Å². The predicted molar refractivity (Wildman–Crippen MR) is 106 cm³/mol. The van der Waals surface area contributed by atoms with Crippen LogP contribution >= 0.6 is 11.6 Å². The molecule has 2 N–H and O–H groups in total. The van der Waals surface area contributed by atoms with Crippen molar-refractivity contribution < 1.29 is 26.7 Å². The number of nitrogens with zero attached hydrogens (tertiary/aromatic N) is 1. The summed E-state index contributed by atoms with van der Waals surface area (Å²) in [7, 11) is -4.19. The van der Waals surface area contributed by atoms with Gasteiger partial charge in [0.2, 0.25) is 11.8 Å². The molecule has 1 unspecified atom stereocenters. The molecule has 30 heavy (non-hydrogen) atoms. The molecule has 0 aliphatic carbocycles. The fourth-order valence-corrected chi connectivity index (χ4v) is 4.40. The SMILES string of the molecule is NC(=O)c1ccc(OCC(c2cc(F)ccc2F)S(=O)(=O)c2ccc(Cl)cc2)nc1. The van der Waals surface area contributed by atoms with Crippen LogP contribution < -0.4 is 10.5 Å². The summed E-state index contributed by atoms with van der Waals surface area (Å²) in [6.07, 6.45) is 1.16. The highest BCUT2D eigenvalue weighted by Gasteiger charge is 2.32. The van der Waals surface area contributed by atoms with Crippen molar-refractivity contribution in [3.8, 4) is 5.88 Å². The van der Waals surface area contributed by atoms with Gasteiger partial charge in [-0.25, -0.2) is 22.2 Å². The molecule has 10 heteroatoms. The maximum atomic E-state index is 14.4. The lowest BCUT2D eigenvalue weighted by atomic mass is 10.1. The van der Waals surface area contributed by atoms with E-state index in [0.29, 0.717) is 5.02 Å². The Morgan fingerprint density at radius 2 is 1.80 bits per heavy atom. The molecule has 1 atom stereocenters. The van der Waals surface area contributed by atoms with E-state index >= 15 is 0 Å². The smallest absolute Gasteiger partial charge is 0.250 e. The highest BCUT2D eigenvalue weighted by atomic mass is 35.5. The maximum absolute atomic E-state index is 14.4. The number of pyridine rings is 1. The summed E-state index contributed by atoms with van der Waals surface area (Å²) in [6, 6.07) is 10.5. The van der Waals surface area contributed by atoms with E-state index in [4.69, 9.17) is 22.1 Å². The monoisotopic (exact) mass is 452 g/mol. The fourth-order valence-electron chi connectivity index (χ4n) is 2.67. The molecular formula is C20H15ClF2N2O4S. The lowest BCUT2D eigenvalue weighted by Gasteiger charge is -2.19. The van der Waals surface area contributed by atoms with Crippen LogP contribution in [-0.2, 0) is 9.84 Å². The van der Waals surface area contributed by atoms with Gasteiger partial charge in [0.1, 0.15) is 23.5 Å². The van der Waals surface area contributed by atoms with E-state index < -0.39 is 44.8 Å². The summed E-state index contributed by atoms with van der Waals surface area (Å²) in [5.74, 6) is -2.42. The van der Waals surface area contributed by atoms with Gasteiger partial charge in [0.25, 0.3) is 0 Å². The Balaban J connectivity index is 1.98. The molecule has 0 radical (unpaired) electrons. The highest BCUT2D eigenvalue weighted by molar-refractivity contribution is 7.91. The van der Waals surface area contributed by atoms with Crippen LogP contribution in [0.3, 0.4) is 0 Å². The number of sulfone groups is 1. The molecule has 156 valence electrons. The third kappa shape index (κ3) is 4.74. The van der Waals surface area contributed by atoms with Crippen molar-refractivity contribution in [1.29, 1.82) is 0 Å². The Labute approximate surface area is 176 Å². The van der Waals surface area contributed by atoms with Crippen molar-refractivity contribution in [3.63, 3.8) is 0 Å². The van der Waals surface area contributed by atoms with Gasteiger partial charge < -0.3 is 10.5 Å². The number of carbonyl (C=O) groups is 1. The number of ether oxygens (including phenoxy) is 1. The highest BCUT2D eigenvalue weighted by Crippen LogP contribution is 2.32. The lowest BCUT2D eigenvalue weighted by molar-refractivity contribution is 0.1000. The van der Waals surface area contributed by atoms with Crippen LogP contribution in [0.2, 0.25) is 5.02 Å². The van der Waals surface area contributed by atoms with Crippen LogP contribution in [0.15, 0.2) is 65.7 Å². The van der Waals surface area contributed by atoms with Crippen molar-refractivity contribution in [2.24, 2.45) is 5.73 Å². The zero-order chi connectivity index (χ0) is 21.9. The Morgan fingerprint density at radius 3 is 2.40 bits per heavy atom. The Hall–Kier alpha value is -3.04. The Morgan fingerprint density at radius 1 is 1.10 bits per heavy atom. The van der Waals surface area contributed by atoms with E-state index in [-0.39, 0.29) is 16.3 Å². The second-order valence-electron chi connectivity index (χ2n) is 6.21. The predicted octanol–water partition coefficient (Wildman–Crippen LogP) is 3.71. The number of nitrogens with two attached hydrogens (primary N) is 1. The average molecular weight is 453 g/mol. The van der Waals surface area contributed by atoms with Gasteiger partial charge >= 0.3 is 0 Å². The van der Waals surface area contributed by atoms with Crippen molar-refractivity contribution in [1.82, 2.24) is 4.98 Å². The summed E-state index contributed by atoms with van der Waals surface area (Å²) < 4.78 is 60.0. The van der Waals surface area contributed by atoms with Crippen LogP contribution in [0.5, 0.6) is 5.88 Å². The van der Waals surface area contributed by atoms with Crippen LogP contribution in [-0.4, -0.2) is 25.9 Å². The third-order valence-corrected chi connectivity index (χ3v) is 6.55. The van der Waals surface area contributed by atoms with E-state index in [1.807, 2.05) is 0 Å². The number of benzene rings is 2. The van der Waals surface area contributed by atoms with Crippen LogP contribution in [0, 0.1) is 11.6 Å².